The summed E-state index contributed by atoms with van der Waals surface area (Å²) >= 11 is 3.23. The smallest absolute Gasteiger partial charge is 0.475 e. The second-order valence-electron chi connectivity index (χ2n) is 3.34. The first-order valence-corrected chi connectivity index (χ1v) is 7.25. The van der Waals surface area contributed by atoms with Gasteiger partial charge in [0.2, 0.25) is 0 Å². The van der Waals surface area contributed by atoms with E-state index in [4.69, 9.17) is 30.9 Å². The average Bonchev–Trinajstić information content (AvgIpc) is 2.86. The monoisotopic (exact) mass is 400 g/mol. The van der Waals surface area contributed by atoms with Gasteiger partial charge >= 0.3 is 24.3 Å². The van der Waals surface area contributed by atoms with Gasteiger partial charge in [-0.2, -0.15) is 26.3 Å². The molecular weight excluding hydrogens is 390 g/mol. The Kier molecular flexibility index (Phi) is 10.1. The standard InChI is InChI=1S/C6H8N2S2.2C2HF3O2/c1-9-5-3-2-4(10-5)6(7)8;2*3-2(4,5)1(6)7/h2-3H,1H3,(H3,7,8);2*(H,6,7). The SMILES string of the molecule is CSc1ccc(C(=N)N)s1.O=C(O)C(F)(F)F.O=C(O)C(F)(F)F. The van der Waals surface area contributed by atoms with E-state index in [9.17, 15) is 26.3 Å². The number of alkyl halides is 6. The predicted octanol–water partition coefficient (Wildman–Crippen LogP) is 3.02. The molecule has 138 valence electrons. The Balaban J connectivity index is 0. The van der Waals surface area contributed by atoms with Crippen LogP contribution in [0.5, 0.6) is 0 Å². The third kappa shape index (κ3) is 11.6. The number of halogens is 6. The number of nitrogens with one attached hydrogen (secondary N) is 1. The normalized spacial score (nSPS) is 10.6. The van der Waals surface area contributed by atoms with Gasteiger partial charge in [0.1, 0.15) is 5.84 Å². The van der Waals surface area contributed by atoms with Crippen molar-refractivity contribution in [3.63, 3.8) is 0 Å². The Labute approximate surface area is 138 Å². The van der Waals surface area contributed by atoms with Crippen molar-refractivity contribution in [1.82, 2.24) is 0 Å². The zero-order valence-electron chi connectivity index (χ0n) is 11.5. The van der Waals surface area contributed by atoms with Crippen LogP contribution in [-0.2, 0) is 9.59 Å². The summed E-state index contributed by atoms with van der Waals surface area (Å²) in [4.78, 5) is 18.6. The van der Waals surface area contributed by atoms with E-state index in [1.54, 1.807) is 23.1 Å². The Bertz CT molecular complexity index is 546. The number of hydrogen-bond acceptors (Lipinski definition) is 5. The summed E-state index contributed by atoms with van der Waals surface area (Å²) in [5, 5.41) is 21.4. The number of nitrogens with two attached hydrogens (primary N) is 1. The number of amidine groups is 1. The van der Waals surface area contributed by atoms with Gasteiger partial charge in [0, 0.05) is 0 Å². The van der Waals surface area contributed by atoms with Gasteiger partial charge in [-0.3, -0.25) is 5.41 Å². The molecule has 14 heteroatoms. The molecular formula is C10H10F6N2O4S2. The van der Waals surface area contributed by atoms with Crippen LogP contribution in [0.4, 0.5) is 26.3 Å². The fourth-order valence-electron chi connectivity index (χ4n) is 0.575. The highest BCUT2D eigenvalue weighted by atomic mass is 32.2. The first kappa shape index (κ1) is 24.3. The summed E-state index contributed by atoms with van der Waals surface area (Å²) in [6.07, 6.45) is -8.16. The Morgan fingerprint density at radius 2 is 1.42 bits per heavy atom. The van der Waals surface area contributed by atoms with Gasteiger partial charge in [-0.05, 0) is 18.4 Å². The molecule has 1 rings (SSSR count). The molecule has 0 aromatic carbocycles. The van der Waals surface area contributed by atoms with Gasteiger partial charge in [0.25, 0.3) is 0 Å². The van der Waals surface area contributed by atoms with Crippen molar-refractivity contribution in [2.45, 2.75) is 16.6 Å². The number of rotatable bonds is 2. The van der Waals surface area contributed by atoms with E-state index in [0.29, 0.717) is 0 Å². The fourth-order valence-corrected chi connectivity index (χ4v) is 1.98. The highest BCUT2D eigenvalue weighted by Crippen LogP contribution is 2.24. The summed E-state index contributed by atoms with van der Waals surface area (Å²) in [6, 6.07) is 3.85. The van der Waals surface area contributed by atoms with E-state index in [1.807, 2.05) is 18.4 Å². The molecule has 0 atom stereocenters. The minimum atomic E-state index is -5.08. The lowest BCUT2D eigenvalue weighted by Crippen LogP contribution is -2.21. The van der Waals surface area contributed by atoms with Crippen LogP contribution >= 0.6 is 23.1 Å². The lowest BCUT2D eigenvalue weighted by molar-refractivity contribution is -0.193. The largest absolute Gasteiger partial charge is 0.490 e. The van der Waals surface area contributed by atoms with Gasteiger partial charge in [-0.15, -0.1) is 23.1 Å². The van der Waals surface area contributed by atoms with E-state index in [2.05, 4.69) is 0 Å². The maximum atomic E-state index is 10.6. The van der Waals surface area contributed by atoms with Crippen molar-refractivity contribution in [3.8, 4) is 0 Å². The molecule has 0 saturated carbocycles. The van der Waals surface area contributed by atoms with Crippen LogP contribution < -0.4 is 5.73 Å². The number of nitrogen functional groups attached to an aromatic ring is 1. The van der Waals surface area contributed by atoms with E-state index in [-0.39, 0.29) is 5.84 Å². The minimum Gasteiger partial charge on any atom is -0.475 e. The quantitative estimate of drug-likeness (QED) is 0.262. The maximum Gasteiger partial charge on any atom is 0.490 e. The highest BCUT2D eigenvalue weighted by molar-refractivity contribution is 8.00. The topological polar surface area (TPSA) is 124 Å². The molecule has 6 nitrogen and oxygen atoms in total. The van der Waals surface area contributed by atoms with E-state index in [0.717, 1.165) is 4.88 Å². The summed E-state index contributed by atoms with van der Waals surface area (Å²) in [5.41, 5.74) is 5.27. The molecule has 1 aromatic rings. The van der Waals surface area contributed by atoms with Crippen LogP contribution in [0.15, 0.2) is 16.3 Å². The minimum absolute atomic E-state index is 0.158. The second-order valence-corrected chi connectivity index (χ2v) is 5.53. The molecule has 1 aromatic heterocycles. The van der Waals surface area contributed by atoms with Gasteiger partial charge < -0.3 is 15.9 Å². The van der Waals surface area contributed by atoms with Gasteiger partial charge in [0.05, 0.1) is 9.09 Å². The number of carboxylic acids is 2. The molecule has 0 bridgehead atoms. The molecule has 24 heavy (non-hydrogen) atoms. The molecule has 0 aliphatic carbocycles. The highest BCUT2D eigenvalue weighted by Gasteiger charge is 2.38. The summed E-state index contributed by atoms with van der Waals surface area (Å²) in [6.45, 7) is 0. The second kappa shape index (κ2) is 10.0. The number of hydrogen-bond donors (Lipinski definition) is 4. The maximum absolute atomic E-state index is 10.6. The average molecular weight is 400 g/mol. The van der Waals surface area contributed by atoms with Crippen molar-refractivity contribution < 1.29 is 46.1 Å². The third-order valence-corrected chi connectivity index (χ3v) is 3.73. The molecule has 0 fully saturated rings. The first-order chi connectivity index (χ1) is 10.6. The number of thiophene rings is 1. The summed E-state index contributed by atoms with van der Waals surface area (Å²) in [7, 11) is 0. The molecule has 0 amide bonds. The summed E-state index contributed by atoms with van der Waals surface area (Å²) in [5.74, 6) is -5.36. The molecule has 0 saturated heterocycles. The summed E-state index contributed by atoms with van der Waals surface area (Å²) < 4.78 is 64.7. The zero-order valence-corrected chi connectivity index (χ0v) is 13.2. The molecule has 0 spiro atoms. The lowest BCUT2D eigenvalue weighted by Gasteiger charge is -1.93. The number of carbonyl (C=O) groups is 2. The fraction of sp³-hybridized carbons (Fsp3) is 0.300. The van der Waals surface area contributed by atoms with Crippen LogP contribution in [-0.4, -0.2) is 46.6 Å². The van der Waals surface area contributed by atoms with Gasteiger partial charge in [-0.1, -0.05) is 0 Å². The molecule has 5 N–H and O–H groups in total. The van der Waals surface area contributed by atoms with Crippen molar-refractivity contribution in [3.05, 3.63) is 17.0 Å². The Morgan fingerprint density at radius 1 is 1.08 bits per heavy atom. The molecule has 1 heterocycles. The molecule has 0 radical (unpaired) electrons. The van der Waals surface area contributed by atoms with E-state index in [1.165, 1.54) is 4.21 Å². The molecule has 0 aliphatic heterocycles. The van der Waals surface area contributed by atoms with E-state index < -0.39 is 24.3 Å². The van der Waals surface area contributed by atoms with Crippen LogP contribution in [0.25, 0.3) is 0 Å². The number of aliphatic carboxylic acids is 2. The number of thioether (sulfide) groups is 1. The predicted molar refractivity (Wildman–Crippen MR) is 74.5 cm³/mol. The van der Waals surface area contributed by atoms with Crippen LogP contribution in [0.3, 0.4) is 0 Å². The van der Waals surface area contributed by atoms with E-state index >= 15 is 0 Å². The van der Waals surface area contributed by atoms with Gasteiger partial charge in [0.15, 0.2) is 0 Å². The van der Waals surface area contributed by atoms with Crippen LogP contribution in [0.1, 0.15) is 4.88 Å². The number of carboxylic acid groups (broad SMARTS) is 2. The van der Waals surface area contributed by atoms with Crippen molar-refractivity contribution in [2.24, 2.45) is 5.73 Å². The third-order valence-electron chi connectivity index (χ3n) is 1.53. The van der Waals surface area contributed by atoms with Crippen molar-refractivity contribution >= 4 is 40.9 Å². The Hall–Kier alpha value is -1.96. The Morgan fingerprint density at radius 3 is 1.54 bits per heavy atom. The molecule has 0 aliphatic rings. The molecule has 0 unspecified atom stereocenters. The van der Waals surface area contributed by atoms with Crippen molar-refractivity contribution in [2.75, 3.05) is 6.26 Å². The zero-order chi connectivity index (χ0) is 19.7. The van der Waals surface area contributed by atoms with Crippen molar-refractivity contribution in [1.29, 1.82) is 5.41 Å². The lowest BCUT2D eigenvalue weighted by atomic mass is 10.4. The first-order valence-electron chi connectivity index (χ1n) is 5.21. The van der Waals surface area contributed by atoms with Crippen LogP contribution in [0.2, 0.25) is 0 Å². The van der Waals surface area contributed by atoms with Crippen LogP contribution in [0, 0.1) is 5.41 Å². The van der Waals surface area contributed by atoms with Gasteiger partial charge in [-0.25, -0.2) is 9.59 Å².